The van der Waals surface area contributed by atoms with Gasteiger partial charge in [-0.05, 0) is 34.1 Å². The molecule has 2 nitrogen and oxygen atoms in total. The number of amides is 1. The van der Waals surface area contributed by atoms with Crippen molar-refractivity contribution < 1.29 is 4.79 Å². The van der Waals surface area contributed by atoms with Crippen molar-refractivity contribution in [1.29, 1.82) is 0 Å². The Kier molecular flexibility index (Phi) is 4.72. The second-order valence-electron chi connectivity index (χ2n) is 2.57. The molecule has 14 heavy (non-hydrogen) atoms. The van der Waals surface area contributed by atoms with Gasteiger partial charge in [0.15, 0.2) is 0 Å². The van der Waals surface area contributed by atoms with Gasteiger partial charge in [0, 0.05) is 22.5 Å². The molecule has 0 bridgehead atoms. The van der Waals surface area contributed by atoms with Crippen LogP contribution in [0.2, 0.25) is 5.02 Å². The van der Waals surface area contributed by atoms with E-state index in [9.17, 15) is 4.79 Å². The van der Waals surface area contributed by atoms with Crippen molar-refractivity contribution in [3.63, 3.8) is 0 Å². The van der Waals surface area contributed by atoms with Crippen LogP contribution in [0.4, 0.5) is 0 Å². The minimum atomic E-state index is -0.150. The van der Waals surface area contributed by atoms with Crippen molar-refractivity contribution in [2.24, 2.45) is 0 Å². The van der Waals surface area contributed by atoms with E-state index in [0.717, 1.165) is 0 Å². The Labute approximate surface area is 101 Å². The minimum absolute atomic E-state index is 0.150. The molecule has 0 radical (unpaired) electrons. The summed E-state index contributed by atoms with van der Waals surface area (Å²) in [5.41, 5.74) is 0.561. The Morgan fingerprint density at radius 2 is 2.21 bits per heavy atom. The summed E-state index contributed by atoms with van der Waals surface area (Å²) in [6, 6.07) is 5.00. The summed E-state index contributed by atoms with van der Waals surface area (Å²) in [4.78, 5) is 11.4. The van der Waals surface area contributed by atoms with E-state index < -0.39 is 0 Å². The fraction of sp³-hybridized carbons (Fsp3) is 0.222. The van der Waals surface area contributed by atoms with Crippen LogP contribution in [0.3, 0.4) is 0 Å². The third kappa shape index (κ3) is 3.15. The van der Waals surface area contributed by atoms with E-state index in [1.54, 1.807) is 18.2 Å². The highest BCUT2D eigenvalue weighted by molar-refractivity contribution is 9.10. The first-order valence-electron chi connectivity index (χ1n) is 3.94. The van der Waals surface area contributed by atoms with Crippen LogP contribution < -0.4 is 5.32 Å². The lowest BCUT2D eigenvalue weighted by Gasteiger charge is -2.03. The average Bonchev–Trinajstić information content (AvgIpc) is 2.18. The number of halogens is 3. The van der Waals surface area contributed by atoms with E-state index in [-0.39, 0.29) is 5.91 Å². The molecule has 0 aliphatic rings. The van der Waals surface area contributed by atoms with E-state index in [0.29, 0.717) is 27.5 Å². The predicted molar refractivity (Wildman–Crippen MR) is 62.2 cm³/mol. The smallest absolute Gasteiger partial charge is 0.251 e. The van der Waals surface area contributed by atoms with Crippen molar-refractivity contribution in [2.75, 3.05) is 12.4 Å². The molecule has 1 aromatic carbocycles. The molecule has 76 valence electrons. The summed E-state index contributed by atoms with van der Waals surface area (Å²) in [6.45, 7) is 0.459. The van der Waals surface area contributed by atoms with Gasteiger partial charge in [-0.2, -0.15) is 0 Å². The van der Waals surface area contributed by atoms with Gasteiger partial charge in [0.05, 0.1) is 5.02 Å². The molecule has 0 spiro atoms. The molecule has 1 aromatic rings. The summed E-state index contributed by atoms with van der Waals surface area (Å²) in [6.07, 6.45) is 0. The third-order valence-electron chi connectivity index (χ3n) is 1.56. The Morgan fingerprint density at radius 3 is 2.79 bits per heavy atom. The molecule has 0 atom stereocenters. The molecular formula is C9H8BrCl2NO. The molecule has 0 saturated heterocycles. The molecule has 0 heterocycles. The van der Waals surface area contributed by atoms with Crippen molar-refractivity contribution in [1.82, 2.24) is 5.32 Å². The molecule has 1 N–H and O–H groups in total. The Balaban J connectivity index is 2.76. The van der Waals surface area contributed by atoms with E-state index in [4.69, 9.17) is 23.2 Å². The van der Waals surface area contributed by atoms with Crippen LogP contribution in [-0.2, 0) is 0 Å². The fourth-order valence-electron chi connectivity index (χ4n) is 0.900. The molecule has 0 fully saturated rings. The van der Waals surface area contributed by atoms with E-state index >= 15 is 0 Å². The standard InChI is InChI=1S/C9H8BrCl2NO/c10-7-5-6(1-2-8(7)12)9(14)13-4-3-11/h1-2,5H,3-4H2,(H,13,14). The van der Waals surface area contributed by atoms with Crippen molar-refractivity contribution >= 4 is 45.0 Å². The maximum absolute atomic E-state index is 11.4. The van der Waals surface area contributed by atoms with Gasteiger partial charge in [0.25, 0.3) is 5.91 Å². The van der Waals surface area contributed by atoms with Crippen LogP contribution in [0.5, 0.6) is 0 Å². The monoisotopic (exact) mass is 295 g/mol. The number of carbonyl (C=O) groups excluding carboxylic acids is 1. The molecule has 1 amide bonds. The van der Waals surface area contributed by atoms with Gasteiger partial charge >= 0.3 is 0 Å². The summed E-state index contributed by atoms with van der Waals surface area (Å²) < 4.78 is 0.706. The SMILES string of the molecule is O=C(NCCCl)c1ccc(Cl)c(Br)c1. The number of carbonyl (C=O) groups is 1. The number of benzene rings is 1. The number of hydrogen-bond donors (Lipinski definition) is 1. The molecule has 0 aliphatic heterocycles. The highest BCUT2D eigenvalue weighted by atomic mass is 79.9. The van der Waals surface area contributed by atoms with Crippen molar-refractivity contribution in [2.45, 2.75) is 0 Å². The summed E-state index contributed by atoms with van der Waals surface area (Å²) in [5, 5.41) is 3.24. The summed E-state index contributed by atoms with van der Waals surface area (Å²) >= 11 is 14.5. The number of rotatable bonds is 3. The second-order valence-corrected chi connectivity index (χ2v) is 4.21. The van der Waals surface area contributed by atoms with Gasteiger partial charge < -0.3 is 5.32 Å². The molecule has 0 aromatic heterocycles. The van der Waals surface area contributed by atoms with Gasteiger partial charge in [-0.25, -0.2) is 0 Å². The van der Waals surface area contributed by atoms with Crippen LogP contribution in [0.1, 0.15) is 10.4 Å². The lowest BCUT2D eigenvalue weighted by Crippen LogP contribution is -2.25. The molecular weight excluding hydrogens is 289 g/mol. The Hall–Kier alpha value is -0.250. The van der Waals surface area contributed by atoms with E-state index in [1.807, 2.05) is 0 Å². The molecule has 0 saturated carbocycles. The average molecular weight is 297 g/mol. The number of hydrogen-bond acceptors (Lipinski definition) is 1. The van der Waals surface area contributed by atoms with E-state index in [2.05, 4.69) is 21.2 Å². The summed E-state index contributed by atoms with van der Waals surface area (Å²) in [7, 11) is 0. The number of alkyl halides is 1. The zero-order valence-corrected chi connectivity index (χ0v) is 10.3. The largest absolute Gasteiger partial charge is 0.351 e. The van der Waals surface area contributed by atoms with Crippen LogP contribution in [0, 0.1) is 0 Å². The zero-order valence-electron chi connectivity index (χ0n) is 7.19. The van der Waals surface area contributed by atoms with Gasteiger partial charge in [-0.1, -0.05) is 11.6 Å². The van der Waals surface area contributed by atoms with Crippen LogP contribution in [0.25, 0.3) is 0 Å². The topological polar surface area (TPSA) is 29.1 Å². The van der Waals surface area contributed by atoms with Crippen LogP contribution >= 0.6 is 39.1 Å². The Morgan fingerprint density at radius 1 is 1.50 bits per heavy atom. The lowest BCUT2D eigenvalue weighted by atomic mass is 10.2. The fourth-order valence-corrected chi connectivity index (χ4v) is 1.49. The molecule has 0 unspecified atom stereocenters. The van der Waals surface area contributed by atoms with Gasteiger partial charge in [0.2, 0.25) is 0 Å². The highest BCUT2D eigenvalue weighted by Gasteiger charge is 2.06. The van der Waals surface area contributed by atoms with Crippen molar-refractivity contribution in [3.05, 3.63) is 33.3 Å². The first kappa shape index (κ1) is 11.8. The normalized spacial score (nSPS) is 9.93. The first-order valence-corrected chi connectivity index (χ1v) is 5.65. The maximum Gasteiger partial charge on any atom is 0.251 e. The van der Waals surface area contributed by atoms with Crippen LogP contribution in [0.15, 0.2) is 22.7 Å². The highest BCUT2D eigenvalue weighted by Crippen LogP contribution is 2.22. The maximum atomic E-state index is 11.4. The predicted octanol–water partition coefficient (Wildman–Crippen LogP) is 3.07. The quantitative estimate of drug-likeness (QED) is 0.854. The second kappa shape index (κ2) is 5.59. The van der Waals surface area contributed by atoms with Crippen molar-refractivity contribution in [3.8, 4) is 0 Å². The molecule has 1 rings (SSSR count). The molecule has 0 aliphatic carbocycles. The van der Waals surface area contributed by atoms with Crippen LogP contribution in [-0.4, -0.2) is 18.3 Å². The van der Waals surface area contributed by atoms with Gasteiger partial charge in [0.1, 0.15) is 0 Å². The lowest BCUT2D eigenvalue weighted by molar-refractivity contribution is 0.0956. The zero-order chi connectivity index (χ0) is 10.6. The van der Waals surface area contributed by atoms with Gasteiger partial charge in [-0.15, -0.1) is 11.6 Å². The number of nitrogens with one attached hydrogen (secondary N) is 1. The van der Waals surface area contributed by atoms with E-state index in [1.165, 1.54) is 0 Å². The third-order valence-corrected chi connectivity index (χ3v) is 2.96. The molecule has 5 heteroatoms. The first-order chi connectivity index (χ1) is 6.65. The summed E-state index contributed by atoms with van der Waals surface area (Å²) in [5.74, 6) is 0.253. The van der Waals surface area contributed by atoms with Gasteiger partial charge in [-0.3, -0.25) is 4.79 Å². The Bertz CT molecular complexity index is 344. The minimum Gasteiger partial charge on any atom is -0.351 e.